The molecule has 0 N–H and O–H groups in total. The summed E-state index contributed by atoms with van der Waals surface area (Å²) >= 11 is 1.33. The number of rotatable bonds is 7. The second-order valence-corrected chi connectivity index (χ2v) is 6.18. The molecule has 1 aliphatic rings. The van der Waals surface area contributed by atoms with E-state index in [9.17, 15) is 9.59 Å². The summed E-state index contributed by atoms with van der Waals surface area (Å²) in [5.74, 6) is 0.712. The third-order valence-corrected chi connectivity index (χ3v) is 4.74. The molecule has 6 heteroatoms. The van der Waals surface area contributed by atoms with Gasteiger partial charge in [-0.3, -0.25) is 14.5 Å². The molecule has 0 saturated heterocycles. The zero-order chi connectivity index (χ0) is 16.9. The minimum absolute atomic E-state index is 0.245. The van der Waals surface area contributed by atoms with E-state index in [4.69, 9.17) is 9.15 Å². The van der Waals surface area contributed by atoms with Crippen LogP contribution in [0.3, 0.4) is 0 Å². The molecule has 2 aromatic rings. The molecule has 0 radical (unpaired) electrons. The number of carbonyl (C=O) groups excluding carboxylic acids is 2. The zero-order valence-corrected chi connectivity index (χ0v) is 14.0. The highest BCUT2D eigenvalue weighted by molar-refractivity contribution is 8.03. The molecule has 0 atom stereocenters. The Hall–Kier alpha value is -2.31. The third-order valence-electron chi connectivity index (χ3n) is 3.65. The van der Waals surface area contributed by atoms with Crippen molar-refractivity contribution in [3.8, 4) is 0 Å². The highest BCUT2D eigenvalue weighted by atomic mass is 32.2. The first-order valence-electron chi connectivity index (χ1n) is 7.52. The number of methoxy groups -OCH3 is 1. The molecule has 24 heavy (non-hydrogen) atoms. The molecule has 0 unspecified atom stereocenters. The smallest absolute Gasteiger partial charge is 0.268 e. The Morgan fingerprint density at radius 3 is 2.54 bits per heavy atom. The average molecular weight is 343 g/mol. The van der Waals surface area contributed by atoms with Crippen LogP contribution >= 0.6 is 11.8 Å². The molecule has 5 nitrogen and oxygen atoms in total. The van der Waals surface area contributed by atoms with Crippen LogP contribution < -0.4 is 0 Å². The van der Waals surface area contributed by atoms with Gasteiger partial charge in [-0.2, -0.15) is 0 Å². The SMILES string of the molecule is COCCN1C(=O)C(SCc2ccco2)=C(c2ccccc2)C1=O. The number of carbonyl (C=O) groups is 2. The Labute approximate surface area is 144 Å². The number of thioether (sulfide) groups is 1. The van der Waals surface area contributed by atoms with Gasteiger partial charge in [-0.05, 0) is 17.7 Å². The van der Waals surface area contributed by atoms with Crippen LogP contribution in [0.4, 0.5) is 0 Å². The molecule has 0 bridgehead atoms. The highest BCUT2D eigenvalue weighted by Crippen LogP contribution is 2.37. The van der Waals surface area contributed by atoms with Gasteiger partial charge in [0.05, 0.1) is 35.6 Å². The summed E-state index contributed by atoms with van der Waals surface area (Å²) in [7, 11) is 1.54. The summed E-state index contributed by atoms with van der Waals surface area (Å²) in [4.78, 5) is 27.2. The molecule has 2 amide bonds. The second kappa shape index (κ2) is 7.51. The fourth-order valence-corrected chi connectivity index (χ4v) is 3.50. The summed E-state index contributed by atoms with van der Waals surface area (Å²) < 4.78 is 10.3. The summed E-state index contributed by atoms with van der Waals surface area (Å²) in [5, 5.41) is 0. The van der Waals surface area contributed by atoms with Gasteiger partial charge in [-0.1, -0.05) is 30.3 Å². The van der Waals surface area contributed by atoms with Crippen molar-refractivity contribution in [3.05, 3.63) is 65.0 Å². The van der Waals surface area contributed by atoms with Gasteiger partial charge >= 0.3 is 0 Å². The molecule has 3 rings (SSSR count). The van der Waals surface area contributed by atoms with Crippen molar-refractivity contribution in [2.24, 2.45) is 0 Å². The van der Waals surface area contributed by atoms with Crippen molar-refractivity contribution >= 4 is 29.1 Å². The van der Waals surface area contributed by atoms with Gasteiger partial charge in [0.15, 0.2) is 0 Å². The highest BCUT2D eigenvalue weighted by Gasteiger charge is 2.38. The molecule has 0 aliphatic carbocycles. The maximum absolute atomic E-state index is 12.7. The molecular formula is C18H17NO4S. The van der Waals surface area contributed by atoms with Crippen molar-refractivity contribution in [2.45, 2.75) is 5.75 Å². The Balaban J connectivity index is 1.91. The lowest BCUT2D eigenvalue weighted by atomic mass is 10.1. The standard InChI is InChI=1S/C18H17NO4S/c1-22-11-9-19-17(20)15(13-6-3-2-4-7-13)16(18(19)21)24-12-14-8-5-10-23-14/h2-8,10H,9,11-12H2,1H3. The summed E-state index contributed by atoms with van der Waals surface area (Å²) in [6.45, 7) is 0.561. The molecule has 0 fully saturated rings. The predicted octanol–water partition coefficient (Wildman–Crippen LogP) is 2.94. The molecule has 2 heterocycles. The molecular weight excluding hydrogens is 326 g/mol. The number of hydrogen-bond donors (Lipinski definition) is 0. The molecule has 1 aromatic carbocycles. The van der Waals surface area contributed by atoms with E-state index in [1.807, 2.05) is 36.4 Å². The Kier molecular flexibility index (Phi) is 5.17. The van der Waals surface area contributed by atoms with Gasteiger partial charge < -0.3 is 9.15 Å². The van der Waals surface area contributed by atoms with Crippen molar-refractivity contribution in [1.82, 2.24) is 4.90 Å². The molecule has 1 aliphatic heterocycles. The fraction of sp³-hybridized carbons (Fsp3) is 0.222. The Morgan fingerprint density at radius 2 is 1.88 bits per heavy atom. The second-order valence-electron chi connectivity index (χ2n) is 5.19. The predicted molar refractivity (Wildman–Crippen MR) is 92.0 cm³/mol. The first kappa shape index (κ1) is 16.5. The van der Waals surface area contributed by atoms with Crippen molar-refractivity contribution in [3.63, 3.8) is 0 Å². The monoisotopic (exact) mass is 343 g/mol. The van der Waals surface area contributed by atoms with Crippen LogP contribution in [0, 0.1) is 0 Å². The maximum Gasteiger partial charge on any atom is 0.268 e. The largest absolute Gasteiger partial charge is 0.468 e. The topological polar surface area (TPSA) is 59.8 Å². The van der Waals surface area contributed by atoms with Crippen LogP contribution in [0.5, 0.6) is 0 Å². The van der Waals surface area contributed by atoms with Gasteiger partial charge in [-0.25, -0.2) is 0 Å². The first-order valence-corrected chi connectivity index (χ1v) is 8.51. The van der Waals surface area contributed by atoms with Crippen LogP contribution in [0.15, 0.2) is 58.1 Å². The number of ether oxygens (including phenoxy) is 1. The lowest BCUT2D eigenvalue weighted by molar-refractivity contribution is -0.137. The van der Waals surface area contributed by atoms with Crippen molar-refractivity contribution in [2.75, 3.05) is 20.3 Å². The molecule has 0 spiro atoms. The summed E-state index contributed by atoms with van der Waals surface area (Å²) in [6.07, 6.45) is 1.59. The third kappa shape index (κ3) is 3.29. The number of imide groups is 1. The number of amides is 2. The number of nitrogens with zero attached hydrogens (tertiary/aromatic N) is 1. The van der Waals surface area contributed by atoms with E-state index in [2.05, 4.69) is 0 Å². The van der Waals surface area contributed by atoms with E-state index < -0.39 is 0 Å². The van der Waals surface area contributed by atoms with Gasteiger partial charge in [-0.15, -0.1) is 11.8 Å². The van der Waals surface area contributed by atoms with E-state index in [0.29, 0.717) is 22.8 Å². The van der Waals surface area contributed by atoms with Crippen LogP contribution in [-0.2, 0) is 20.1 Å². The number of hydrogen-bond acceptors (Lipinski definition) is 5. The van der Waals surface area contributed by atoms with Gasteiger partial charge in [0.25, 0.3) is 11.8 Å². The first-order chi connectivity index (χ1) is 11.7. The summed E-state index contributed by atoms with van der Waals surface area (Å²) in [5.41, 5.74) is 1.20. The Morgan fingerprint density at radius 1 is 1.08 bits per heavy atom. The summed E-state index contributed by atoms with van der Waals surface area (Å²) in [6, 6.07) is 12.9. The van der Waals surface area contributed by atoms with E-state index in [0.717, 1.165) is 11.3 Å². The Bertz CT molecular complexity index is 753. The van der Waals surface area contributed by atoms with E-state index >= 15 is 0 Å². The van der Waals surface area contributed by atoms with E-state index in [1.54, 1.807) is 19.4 Å². The normalized spacial score (nSPS) is 14.8. The molecule has 1 aromatic heterocycles. The average Bonchev–Trinajstić information content (AvgIpc) is 3.19. The van der Waals surface area contributed by atoms with E-state index in [-0.39, 0.29) is 18.4 Å². The van der Waals surface area contributed by atoms with Gasteiger partial charge in [0, 0.05) is 7.11 Å². The minimum Gasteiger partial charge on any atom is -0.468 e. The van der Waals surface area contributed by atoms with Crippen molar-refractivity contribution < 1.29 is 18.7 Å². The van der Waals surface area contributed by atoms with Gasteiger partial charge in [0.1, 0.15) is 5.76 Å². The van der Waals surface area contributed by atoms with Gasteiger partial charge in [0.2, 0.25) is 0 Å². The zero-order valence-electron chi connectivity index (χ0n) is 13.2. The number of furan rings is 1. The van der Waals surface area contributed by atoms with E-state index in [1.165, 1.54) is 16.7 Å². The van der Waals surface area contributed by atoms with Crippen LogP contribution in [0.25, 0.3) is 5.57 Å². The lowest BCUT2D eigenvalue weighted by Gasteiger charge is -2.14. The maximum atomic E-state index is 12.7. The molecule has 0 saturated carbocycles. The van der Waals surface area contributed by atoms with Crippen molar-refractivity contribution in [1.29, 1.82) is 0 Å². The van der Waals surface area contributed by atoms with Crippen LogP contribution in [0.2, 0.25) is 0 Å². The quantitative estimate of drug-likeness (QED) is 0.724. The number of benzene rings is 1. The lowest BCUT2D eigenvalue weighted by Crippen LogP contribution is -2.34. The minimum atomic E-state index is -0.273. The fourth-order valence-electron chi connectivity index (χ4n) is 2.47. The van der Waals surface area contributed by atoms with Crippen LogP contribution in [-0.4, -0.2) is 37.0 Å². The molecule has 124 valence electrons. The van der Waals surface area contributed by atoms with Crippen LogP contribution in [0.1, 0.15) is 11.3 Å².